The molecule has 2 heterocycles. The molecular formula is C23H23NO3. The molecule has 4 aliphatic rings. The van der Waals surface area contributed by atoms with Crippen LogP contribution in [0.4, 0.5) is 0 Å². The van der Waals surface area contributed by atoms with Crippen molar-refractivity contribution < 1.29 is 14.3 Å². The van der Waals surface area contributed by atoms with Gasteiger partial charge in [-0.05, 0) is 50.2 Å². The standard InChI is InChI=1S/C23H23NO3/c1-14-6-10-17(11-7-14)23-24(22(25)18-4-2-3-5-20(18)27-23)21-16-9-8-15(12-16)19(21)13-26-23/h2-7,10-11,15-16,19,21H,8-9,12-13H2,1H3/t15-,16+,19-,21+,23-/m0/s1. The second-order valence-corrected chi connectivity index (χ2v) is 8.52. The van der Waals surface area contributed by atoms with Crippen LogP contribution in [-0.4, -0.2) is 23.5 Å². The summed E-state index contributed by atoms with van der Waals surface area (Å²) in [5.41, 5.74) is 2.72. The van der Waals surface area contributed by atoms with Crippen LogP contribution < -0.4 is 4.74 Å². The van der Waals surface area contributed by atoms with Crippen molar-refractivity contribution in [3.63, 3.8) is 0 Å². The molecule has 1 amide bonds. The zero-order chi connectivity index (χ0) is 18.2. The number of benzene rings is 2. The van der Waals surface area contributed by atoms with Crippen molar-refractivity contribution in [2.45, 2.75) is 38.1 Å². The summed E-state index contributed by atoms with van der Waals surface area (Å²) in [5, 5.41) is 0. The van der Waals surface area contributed by atoms with Gasteiger partial charge in [-0.25, -0.2) is 0 Å². The smallest absolute Gasteiger partial charge is 0.326 e. The second kappa shape index (κ2) is 5.35. The molecule has 2 aromatic rings. The molecule has 0 N–H and O–H groups in total. The summed E-state index contributed by atoms with van der Waals surface area (Å²) in [4.78, 5) is 15.6. The average Bonchev–Trinajstić information content (AvgIpc) is 3.30. The van der Waals surface area contributed by atoms with Crippen LogP contribution in [0.5, 0.6) is 5.75 Å². The topological polar surface area (TPSA) is 38.8 Å². The molecule has 5 atom stereocenters. The maximum absolute atomic E-state index is 13.7. The van der Waals surface area contributed by atoms with E-state index in [9.17, 15) is 4.79 Å². The fourth-order valence-corrected chi connectivity index (χ4v) is 5.90. The number of amides is 1. The third-order valence-corrected chi connectivity index (χ3v) is 7.13. The Morgan fingerprint density at radius 3 is 2.67 bits per heavy atom. The molecule has 4 nitrogen and oxygen atoms in total. The van der Waals surface area contributed by atoms with Crippen LogP contribution in [0.1, 0.15) is 40.7 Å². The van der Waals surface area contributed by atoms with Gasteiger partial charge in [0, 0.05) is 17.5 Å². The lowest BCUT2D eigenvalue weighted by molar-refractivity contribution is -0.323. The maximum atomic E-state index is 13.7. The lowest BCUT2D eigenvalue weighted by Crippen LogP contribution is -2.68. The number of nitrogens with zero attached hydrogens (tertiary/aromatic N) is 1. The number of para-hydroxylation sites is 1. The summed E-state index contributed by atoms with van der Waals surface area (Å²) in [7, 11) is 0. The normalized spacial score (nSPS) is 36.0. The summed E-state index contributed by atoms with van der Waals surface area (Å²) in [5.74, 6) is 1.18. The van der Waals surface area contributed by atoms with Gasteiger partial charge < -0.3 is 9.47 Å². The van der Waals surface area contributed by atoms with E-state index in [2.05, 4.69) is 19.1 Å². The van der Waals surface area contributed by atoms with Crippen molar-refractivity contribution in [1.82, 2.24) is 4.90 Å². The number of carbonyl (C=O) groups is 1. The van der Waals surface area contributed by atoms with Crippen LogP contribution >= 0.6 is 0 Å². The summed E-state index contributed by atoms with van der Waals surface area (Å²) in [6.45, 7) is 2.72. The minimum absolute atomic E-state index is 0.0414. The molecule has 3 fully saturated rings. The predicted octanol–water partition coefficient (Wildman–Crippen LogP) is 4.09. The minimum Gasteiger partial charge on any atom is -0.439 e. The molecule has 2 aliphatic heterocycles. The van der Waals surface area contributed by atoms with Gasteiger partial charge in [0.2, 0.25) is 0 Å². The molecule has 138 valence electrons. The SMILES string of the molecule is Cc1ccc([C@@]23OC[C@H]4[C@H]5CC[C@H](C5)[C@H]4N2C(=O)c2ccccc2O3)cc1. The summed E-state index contributed by atoms with van der Waals surface area (Å²) in [6.07, 6.45) is 3.70. The van der Waals surface area contributed by atoms with E-state index in [0.717, 1.165) is 5.56 Å². The highest BCUT2D eigenvalue weighted by molar-refractivity contribution is 5.98. The summed E-state index contributed by atoms with van der Waals surface area (Å²) >= 11 is 0. The fourth-order valence-electron chi connectivity index (χ4n) is 5.90. The Labute approximate surface area is 159 Å². The lowest BCUT2D eigenvalue weighted by Gasteiger charge is -2.55. The molecule has 0 aromatic heterocycles. The van der Waals surface area contributed by atoms with Crippen LogP contribution in [-0.2, 0) is 10.6 Å². The molecule has 27 heavy (non-hydrogen) atoms. The maximum Gasteiger partial charge on any atom is 0.326 e. The van der Waals surface area contributed by atoms with E-state index in [1.165, 1.54) is 24.8 Å². The highest BCUT2D eigenvalue weighted by atomic mass is 16.7. The molecule has 2 saturated carbocycles. The van der Waals surface area contributed by atoms with Crippen LogP contribution in [0.15, 0.2) is 48.5 Å². The minimum atomic E-state index is -1.15. The van der Waals surface area contributed by atoms with Crippen molar-refractivity contribution in [2.24, 2.45) is 17.8 Å². The predicted molar refractivity (Wildman–Crippen MR) is 100 cm³/mol. The molecular weight excluding hydrogens is 338 g/mol. The van der Waals surface area contributed by atoms with Crippen LogP contribution in [0.3, 0.4) is 0 Å². The summed E-state index contributed by atoms with van der Waals surface area (Å²) in [6, 6.07) is 16.0. The molecule has 0 spiro atoms. The average molecular weight is 361 g/mol. The van der Waals surface area contributed by atoms with Gasteiger partial charge in [-0.3, -0.25) is 9.69 Å². The van der Waals surface area contributed by atoms with E-state index in [1.807, 2.05) is 41.3 Å². The zero-order valence-corrected chi connectivity index (χ0v) is 15.4. The van der Waals surface area contributed by atoms with Gasteiger partial charge in [-0.1, -0.05) is 42.0 Å². The number of hydrogen-bond donors (Lipinski definition) is 0. The van der Waals surface area contributed by atoms with Gasteiger partial charge >= 0.3 is 5.91 Å². The molecule has 2 aliphatic carbocycles. The first kappa shape index (κ1) is 15.7. The number of rotatable bonds is 1. The van der Waals surface area contributed by atoms with Crippen LogP contribution in [0, 0.1) is 24.7 Å². The zero-order valence-electron chi connectivity index (χ0n) is 15.4. The van der Waals surface area contributed by atoms with Crippen molar-refractivity contribution in [3.8, 4) is 5.75 Å². The van der Waals surface area contributed by atoms with E-state index in [-0.39, 0.29) is 11.9 Å². The monoisotopic (exact) mass is 361 g/mol. The Hall–Kier alpha value is -2.33. The second-order valence-electron chi connectivity index (χ2n) is 8.52. The highest BCUT2D eigenvalue weighted by Gasteiger charge is 2.63. The van der Waals surface area contributed by atoms with E-state index in [1.54, 1.807) is 0 Å². The summed E-state index contributed by atoms with van der Waals surface area (Å²) < 4.78 is 13.0. The number of aryl methyl sites for hydroxylation is 1. The van der Waals surface area contributed by atoms with Gasteiger partial charge in [-0.2, -0.15) is 0 Å². The largest absolute Gasteiger partial charge is 0.439 e. The quantitative estimate of drug-likeness (QED) is 0.768. The van der Waals surface area contributed by atoms with Crippen molar-refractivity contribution in [3.05, 3.63) is 65.2 Å². The van der Waals surface area contributed by atoms with Crippen molar-refractivity contribution in [1.29, 1.82) is 0 Å². The molecule has 1 saturated heterocycles. The third kappa shape index (κ3) is 1.99. The Bertz CT molecular complexity index is 923. The van der Waals surface area contributed by atoms with Crippen molar-refractivity contribution in [2.75, 3.05) is 6.61 Å². The van der Waals surface area contributed by atoms with E-state index in [4.69, 9.17) is 9.47 Å². The highest BCUT2D eigenvalue weighted by Crippen LogP contribution is 2.57. The Balaban J connectivity index is 1.55. The number of ether oxygens (including phenoxy) is 2. The van der Waals surface area contributed by atoms with Crippen LogP contribution in [0.2, 0.25) is 0 Å². The van der Waals surface area contributed by atoms with E-state index >= 15 is 0 Å². The van der Waals surface area contributed by atoms with Gasteiger partial charge in [0.25, 0.3) is 5.91 Å². The Morgan fingerprint density at radius 2 is 1.81 bits per heavy atom. The van der Waals surface area contributed by atoms with E-state index < -0.39 is 5.91 Å². The fraction of sp³-hybridized carbons (Fsp3) is 0.435. The third-order valence-electron chi connectivity index (χ3n) is 7.13. The Kier molecular flexibility index (Phi) is 3.11. The lowest BCUT2D eigenvalue weighted by atomic mass is 9.81. The molecule has 4 heteroatoms. The first-order valence-corrected chi connectivity index (χ1v) is 10.0. The van der Waals surface area contributed by atoms with Gasteiger partial charge in [0.15, 0.2) is 0 Å². The first-order chi connectivity index (χ1) is 13.2. The van der Waals surface area contributed by atoms with Crippen molar-refractivity contribution >= 4 is 5.91 Å². The number of fused-ring (bicyclic) bond motifs is 8. The van der Waals surface area contributed by atoms with Gasteiger partial charge in [-0.15, -0.1) is 0 Å². The molecule has 2 bridgehead atoms. The van der Waals surface area contributed by atoms with E-state index in [0.29, 0.717) is 35.7 Å². The number of carbonyl (C=O) groups excluding carboxylic acids is 1. The molecule has 0 radical (unpaired) electrons. The van der Waals surface area contributed by atoms with Gasteiger partial charge in [0.05, 0.1) is 12.2 Å². The number of hydrogen-bond acceptors (Lipinski definition) is 3. The molecule has 6 rings (SSSR count). The Morgan fingerprint density at radius 1 is 1.04 bits per heavy atom. The molecule has 0 unspecified atom stereocenters. The van der Waals surface area contributed by atoms with Gasteiger partial charge in [0.1, 0.15) is 5.75 Å². The first-order valence-electron chi connectivity index (χ1n) is 10.0. The van der Waals surface area contributed by atoms with Crippen LogP contribution in [0.25, 0.3) is 0 Å². The molecule has 2 aromatic carbocycles.